The summed E-state index contributed by atoms with van der Waals surface area (Å²) in [5.74, 6) is -2.78. The molecule has 1 heterocycles. The first-order valence-electron chi connectivity index (χ1n) is 4.33. The molecule has 1 rings (SSSR count). The Kier molecular flexibility index (Phi) is 3.21. The average Bonchev–Trinajstić information content (AvgIpc) is 2.62. The van der Waals surface area contributed by atoms with E-state index in [0.717, 1.165) is 7.11 Å². The quantitative estimate of drug-likeness (QED) is 0.617. The SMILES string of the molecule is COC(=O)C1CCCN1C(=O)C(F)(F)F. The minimum atomic E-state index is -4.93. The predicted octanol–water partition coefficient (Wildman–Crippen LogP) is 0.713. The third kappa shape index (κ3) is 2.40. The van der Waals surface area contributed by atoms with Gasteiger partial charge in [0.15, 0.2) is 0 Å². The fourth-order valence-electron chi connectivity index (χ4n) is 1.55. The van der Waals surface area contributed by atoms with E-state index in [-0.39, 0.29) is 13.0 Å². The van der Waals surface area contributed by atoms with Crippen molar-refractivity contribution in [3.63, 3.8) is 0 Å². The highest BCUT2D eigenvalue weighted by Gasteiger charge is 2.47. The van der Waals surface area contributed by atoms with Crippen molar-refractivity contribution in [2.75, 3.05) is 13.7 Å². The first-order valence-corrected chi connectivity index (χ1v) is 4.33. The van der Waals surface area contributed by atoms with E-state index in [0.29, 0.717) is 11.3 Å². The molecule has 1 aliphatic heterocycles. The van der Waals surface area contributed by atoms with Crippen LogP contribution in [0.3, 0.4) is 0 Å². The number of rotatable bonds is 1. The maximum Gasteiger partial charge on any atom is 0.471 e. The number of likely N-dealkylation sites (tertiary alicyclic amines) is 1. The Balaban J connectivity index is 2.77. The molecule has 0 saturated carbocycles. The lowest BCUT2D eigenvalue weighted by molar-refractivity contribution is -0.188. The largest absolute Gasteiger partial charge is 0.471 e. The number of methoxy groups -OCH3 is 1. The van der Waals surface area contributed by atoms with Crippen LogP contribution in [0.1, 0.15) is 12.8 Å². The Hall–Kier alpha value is -1.27. The highest BCUT2D eigenvalue weighted by Crippen LogP contribution is 2.25. The maximum atomic E-state index is 12.1. The number of hydrogen-bond donors (Lipinski definition) is 0. The van der Waals surface area contributed by atoms with E-state index in [1.54, 1.807) is 0 Å². The van der Waals surface area contributed by atoms with Gasteiger partial charge >= 0.3 is 18.1 Å². The van der Waals surface area contributed by atoms with E-state index in [9.17, 15) is 22.8 Å². The molecule has 1 atom stereocenters. The molecule has 0 aliphatic carbocycles. The molecule has 0 aromatic rings. The minimum Gasteiger partial charge on any atom is -0.467 e. The number of nitrogens with zero attached hydrogens (tertiary/aromatic N) is 1. The Morgan fingerprint density at radius 1 is 1.40 bits per heavy atom. The summed E-state index contributed by atoms with van der Waals surface area (Å²) < 4.78 is 40.6. The molecular weight excluding hydrogens is 215 g/mol. The summed E-state index contributed by atoms with van der Waals surface area (Å²) in [6, 6.07) is -1.09. The molecule has 0 N–H and O–H groups in total. The van der Waals surface area contributed by atoms with Gasteiger partial charge in [0, 0.05) is 6.54 Å². The van der Waals surface area contributed by atoms with Crippen molar-refractivity contribution in [1.82, 2.24) is 4.90 Å². The van der Waals surface area contributed by atoms with Gasteiger partial charge in [-0.05, 0) is 12.8 Å². The Morgan fingerprint density at radius 2 is 2.00 bits per heavy atom. The fraction of sp³-hybridized carbons (Fsp3) is 0.750. The molecule has 0 aromatic heterocycles. The van der Waals surface area contributed by atoms with Crippen LogP contribution in [0.4, 0.5) is 13.2 Å². The van der Waals surface area contributed by atoms with Gasteiger partial charge in [-0.15, -0.1) is 0 Å². The van der Waals surface area contributed by atoms with Crippen LogP contribution in [0.15, 0.2) is 0 Å². The second-order valence-corrected chi connectivity index (χ2v) is 3.18. The molecule has 0 aromatic carbocycles. The van der Waals surface area contributed by atoms with Crippen molar-refractivity contribution in [3.8, 4) is 0 Å². The lowest BCUT2D eigenvalue weighted by atomic mass is 10.2. The van der Waals surface area contributed by atoms with Crippen molar-refractivity contribution in [2.24, 2.45) is 0 Å². The summed E-state index contributed by atoms with van der Waals surface area (Å²) in [5.41, 5.74) is 0. The molecule has 1 amide bonds. The number of hydrogen-bond acceptors (Lipinski definition) is 3. The summed E-state index contributed by atoms with van der Waals surface area (Å²) in [7, 11) is 1.08. The monoisotopic (exact) mass is 225 g/mol. The van der Waals surface area contributed by atoms with Gasteiger partial charge in [0.05, 0.1) is 7.11 Å². The van der Waals surface area contributed by atoms with E-state index >= 15 is 0 Å². The van der Waals surface area contributed by atoms with Crippen molar-refractivity contribution >= 4 is 11.9 Å². The summed E-state index contributed by atoms with van der Waals surface area (Å²) in [6.45, 7) is -0.0574. The predicted molar refractivity (Wildman–Crippen MR) is 42.8 cm³/mol. The number of amides is 1. The van der Waals surface area contributed by atoms with Crippen LogP contribution >= 0.6 is 0 Å². The molecule has 1 unspecified atom stereocenters. The number of alkyl halides is 3. The van der Waals surface area contributed by atoms with Gasteiger partial charge in [0.1, 0.15) is 6.04 Å². The van der Waals surface area contributed by atoms with Crippen LogP contribution < -0.4 is 0 Å². The third-order valence-corrected chi connectivity index (χ3v) is 2.23. The van der Waals surface area contributed by atoms with Crippen molar-refractivity contribution in [3.05, 3.63) is 0 Å². The summed E-state index contributed by atoms with van der Waals surface area (Å²) in [6.07, 6.45) is -4.34. The Bertz CT molecular complexity index is 277. The van der Waals surface area contributed by atoms with Gasteiger partial charge in [-0.3, -0.25) is 4.79 Å². The van der Waals surface area contributed by atoms with Gasteiger partial charge < -0.3 is 9.64 Å². The van der Waals surface area contributed by atoms with E-state index < -0.39 is 24.1 Å². The normalized spacial score (nSPS) is 21.6. The number of halogens is 3. The summed E-state index contributed by atoms with van der Waals surface area (Å²) >= 11 is 0. The molecule has 0 radical (unpaired) electrons. The van der Waals surface area contributed by atoms with Gasteiger partial charge in [-0.25, -0.2) is 4.79 Å². The summed E-state index contributed by atoms with van der Waals surface area (Å²) in [4.78, 5) is 22.5. The molecule has 7 heteroatoms. The second-order valence-electron chi connectivity index (χ2n) is 3.18. The van der Waals surface area contributed by atoms with Crippen molar-refractivity contribution in [1.29, 1.82) is 0 Å². The van der Waals surface area contributed by atoms with Crippen LogP contribution in [-0.4, -0.2) is 42.6 Å². The third-order valence-electron chi connectivity index (χ3n) is 2.23. The van der Waals surface area contributed by atoms with Crippen LogP contribution in [-0.2, 0) is 14.3 Å². The van der Waals surface area contributed by atoms with Crippen LogP contribution in [0.5, 0.6) is 0 Å². The number of esters is 1. The zero-order chi connectivity index (χ0) is 11.6. The van der Waals surface area contributed by atoms with Crippen molar-refractivity contribution < 1.29 is 27.5 Å². The van der Waals surface area contributed by atoms with Gasteiger partial charge in [0.25, 0.3) is 0 Å². The van der Waals surface area contributed by atoms with Gasteiger partial charge in [0.2, 0.25) is 0 Å². The summed E-state index contributed by atoms with van der Waals surface area (Å²) in [5, 5.41) is 0. The van der Waals surface area contributed by atoms with Crippen molar-refractivity contribution in [2.45, 2.75) is 25.1 Å². The first-order chi connectivity index (χ1) is 6.88. The average molecular weight is 225 g/mol. The van der Waals surface area contributed by atoms with Crippen LogP contribution in [0, 0.1) is 0 Å². The van der Waals surface area contributed by atoms with Gasteiger partial charge in [-0.2, -0.15) is 13.2 Å². The highest BCUT2D eigenvalue weighted by molar-refractivity contribution is 5.88. The molecule has 0 bridgehead atoms. The standard InChI is InChI=1S/C8H10F3NO3/c1-15-6(13)5-3-2-4-12(5)7(14)8(9,10)11/h5H,2-4H2,1H3. The number of carbonyl (C=O) groups excluding carboxylic acids is 2. The molecular formula is C8H10F3NO3. The number of ether oxygens (including phenoxy) is 1. The first kappa shape index (κ1) is 11.8. The maximum absolute atomic E-state index is 12.1. The minimum absolute atomic E-state index is 0.0574. The van der Waals surface area contributed by atoms with E-state index in [2.05, 4.69) is 4.74 Å². The Morgan fingerprint density at radius 3 is 2.47 bits per heavy atom. The zero-order valence-corrected chi connectivity index (χ0v) is 8.00. The molecule has 1 fully saturated rings. The lowest BCUT2D eigenvalue weighted by Gasteiger charge is -2.23. The number of carbonyl (C=O) groups is 2. The lowest BCUT2D eigenvalue weighted by Crippen LogP contribution is -2.47. The molecule has 4 nitrogen and oxygen atoms in total. The topological polar surface area (TPSA) is 46.6 Å². The molecule has 0 spiro atoms. The fourth-order valence-corrected chi connectivity index (χ4v) is 1.55. The molecule has 1 aliphatic rings. The highest BCUT2D eigenvalue weighted by atomic mass is 19.4. The second kappa shape index (κ2) is 4.08. The van der Waals surface area contributed by atoms with Gasteiger partial charge in [-0.1, -0.05) is 0 Å². The van der Waals surface area contributed by atoms with E-state index in [1.165, 1.54) is 0 Å². The van der Waals surface area contributed by atoms with Crippen LogP contribution in [0.25, 0.3) is 0 Å². The van der Waals surface area contributed by atoms with Crippen LogP contribution in [0.2, 0.25) is 0 Å². The van der Waals surface area contributed by atoms with E-state index in [4.69, 9.17) is 0 Å². The molecule has 15 heavy (non-hydrogen) atoms. The zero-order valence-electron chi connectivity index (χ0n) is 8.00. The molecule has 1 saturated heterocycles. The smallest absolute Gasteiger partial charge is 0.467 e. The Labute approximate surface area is 84.0 Å². The van der Waals surface area contributed by atoms with E-state index in [1.807, 2.05) is 0 Å². The molecule has 86 valence electrons.